The lowest BCUT2D eigenvalue weighted by atomic mass is 9.94. The van der Waals surface area contributed by atoms with Crippen LogP contribution in [0.1, 0.15) is 225 Å². The van der Waals surface area contributed by atoms with Gasteiger partial charge in [0.1, 0.15) is 60.9 Å². The Bertz CT molecular complexity index is 3350. The Balaban J connectivity index is 1.83. The Morgan fingerprint density at radius 2 is 0.682 bits per heavy atom. The van der Waals surface area contributed by atoms with Crippen LogP contribution in [0.2, 0.25) is 0 Å². The van der Waals surface area contributed by atoms with Crippen molar-refractivity contribution in [3.63, 3.8) is 0 Å². The quantitative estimate of drug-likeness (QED) is 0.0199. The van der Waals surface area contributed by atoms with Crippen LogP contribution in [0.3, 0.4) is 0 Å². The van der Waals surface area contributed by atoms with Gasteiger partial charge < -0.3 is 80.2 Å². The highest BCUT2D eigenvalue weighted by molar-refractivity contribution is 7.61. The van der Waals surface area contributed by atoms with Crippen LogP contribution in [-0.4, -0.2) is 187 Å². The topological polar surface area (TPSA) is 441 Å². The fourth-order valence-electron chi connectivity index (χ4n) is 11.5. The average Bonchev–Trinajstić information content (AvgIpc) is 0.774. The second kappa shape index (κ2) is 54.1. The summed E-state index contributed by atoms with van der Waals surface area (Å²) in [4.78, 5) is 66.3. The van der Waals surface area contributed by atoms with Crippen molar-refractivity contribution in [1.82, 2.24) is 10.6 Å². The molecular weight excluding hydrogens is 1510 g/mol. The van der Waals surface area contributed by atoms with Crippen molar-refractivity contribution in [3.8, 4) is 0 Å². The third kappa shape index (κ3) is 46.0. The number of aliphatic hydroxyl groups excluding tert-OH is 7. The van der Waals surface area contributed by atoms with Gasteiger partial charge in [-0.3, -0.25) is 36.7 Å². The molecule has 16 atom stereocenters. The number of rotatable bonds is 55. The van der Waals surface area contributed by atoms with Gasteiger partial charge in [-0.05, 0) is 212 Å². The van der Waals surface area contributed by atoms with Crippen LogP contribution in [0.4, 0.5) is 0 Å². The van der Waals surface area contributed by atoms with Crippen molar-refractivity contribution in [2.45, 2.75) is 299 Å². The van der Waals surface area contributed by atoms with E-state index in [9.17, 15) is 78.1 Å². The molecule has 2 aliphatic rings. The van der Waals surface area contributed by atoms with E-state index in [2.05, 4.69) is 161 Å². The number of carbonyl (C=O) groups excluding carboxylic acids is 2. The van der Waals surface area contributed by atoms with Crippen molar-refractivity contribution in [1.29, 1.82) is 0 Å². The molecule has 0 aromatic heterocycles. The number of nitrogens with one attached hydrogen (secondary N) is 2. The number of amides is 2. The van der Waals surface area contributed by atoms with E-state index in [0.29, 0.717) is 12.8 Å². The summed E-state index contributed by atoms with van der Waals surface area (Å²) in [6.45, 7) is 21.3. The van der Waals surface area contributed by atoms with Gasteiger partial charge in [0.25, 0.3) is 0 Å². The van der Waals surface area contributed by atoms with Crippen LogP contribution >= 0.6 is 31.3 Å². The number of allylic oxidation sites excluding steroid dienone is 21. The normalized spacial score (nSPS) is 24.8. The summed E-state index contributed by atoms with van der Waals surface area (Å²) >= 11 is 0. The summed E-state index contributed by atoms with van der Waals surface area (Å²) in [6, 6.07) is -3.81. The molecular formula is C77H132N2O27P4. The second-order valence-corrected chi connectivity index (χ2v) is 34.8. The molecule has 2 rings (SSSR count). The first-order chi connectivity index (χ1) is 51.6. The molecule has 0 spiro atoms. The van der Waals surface area contributed by atoms with E-state index in [0.717, 1.165) is 135 Å². The van der Waals surface area contributed by atoms with E-state index in [4.69, 9.17) is 37.4 Å². The molecule has 0 saturated carbocycles. The third-order valence-corrected chi connectivity index (χ3v) is 22.5. The lowest BCUT2D eigenvalue weighted by Gasteiger charge is -2.48. The van der Waals surface area contributed by atoms with E-state index < -0.39 is 163 Å². The van der Waals surface area contributed by atoms with Gasteiger partial charge in [-0.2, -0.15) is 4.31 Å². The zero-order valence-corrected chi connectivity index (χ0v) is 70.7. The highest BCUT2D eigenvalue weighted by Gasteiger charge is 2.55. The van der Waals surface area contributed by atoms with E-state index >= 15 is 0 Å². The lowest BCUT2D eigenvalue weighted by molar-refractivity contribution is -0.324. The van der Waals surface area contributed by atoms with Gasteiger partial charge in [0.2, 0.25) is 11.8 Å². The summed E-state index contributed by atoms with van der Waals surface area (Å²) in [6.07, 6.45) is 25.5. The second-order valence-electron chi connectivity index (χ2n) is 29.0. The molecule has 632 valence electrons. The summed E-state index contributed by atoms with van der Waals surface area (Å²) in [7, 11) is -21.5. The molecule has 2 fully saturated rings. The summed E-state index contributed by atoms with van der Waals surface area (Å²) in [5.74, 6) is -1.82. The minimum atomic E-state index is -5.77. The first-order valence-electron chi connectivity index (χ1n) is 37.8. The van der Waals surface area contributed by atoms with Crippen molar-refractivity contribution in [3.05, 3.63) is 128 Å². The predicted molar refractivity (Wildman–Crippen MR) is 422 cm³/mol. The average molecular weight is 1640 g/mol. The van der Waals surface area contributed by atoms with Crippen LogP contribution in [-0.2, 0) is 73.5 Å². The smallest absolute Gasteiger partial charge is 0.394 e. The zero-order chi connectivity index (χ0) is 82.8. The maximum Gasteiger partial charge on any atom is 0.483 e. The molecule has 29 nitrogen and oxygen atoms in total. The van der Waals surface area contributed by atoms with Crippen LogP contribution in [0.15, 0.2) is 128 Å². The molecule has 0 radical (unpaired) electrons. The van der Waals surface area contributed by atoms with Crippen LogP contribution in [0.25, 0.3) is 0 Å². The third-order valence-electron chi connectivity index (χ3n) is 18.0. The molecule has 0 aromatic carbocycles. The molecule has 2 aliphatic heterocycles. The Labute approximate surface area is 652 Å². The highest BCUT2D eigenvalue weighted by Crippen LogP contribution is 2.61. The van der Waals surface area contributed by atoms with Gasteiger partial charge in [0, 0.05) is 13.8 Å². The first-order valence-corrected chi connectivity index (χ1v) is 43.8. The number of carbonyl (C=O) groups is 2. The fraction of sp³-hybridized carbons (Fsp3) is 0.688. The molecule has 2 heterocycles. The monoisotopic (exact) mass is 1640 g/mol. The minimum Gasteiger partial charge on any atom is -0.394 e. The molecule has 2 amide bonds. The Hall–Kier alpha value is -3.84. The maximum absolute atomic E-state index is 13.3. The van der Waals surface area contributed by atoms with Crippen LogP contribution in [0.5, 0.6) is 0 Å². The largest absolute Gasteiger partial charge is 0.483 e. The van der Waals surface area contributed by atoms with Crippen LogP contribution in [0, 0.1) is 0 Å². The number of phosphoric ester groups is 4. The number of phosphoric acid groups is 4. The molecule has 110 heavy (non-hydrogen) atoms. The van der Waals surface area contributed by atoms with E-state index in [-0.39, 0.29) is 0 Å². The van der Waals surface area contributed by atoms with Gasteiger partial charge in [-0.15, -0.1) is 0 Å². The van der Waals surface area contributed by atoms with Gasteiger partial charge in [0.15, 0.2) is 12.6 Å². The maximum atomic E-state index is 13.3. The standard InChI is InChI=1S/C77H132N2O27P4/c1-53(2)25-15-26-54(3)27-16-28-55(4)29-17-30-56(5)31-18-32-57(6)33-19-34-58(7)35-20-36-59(8)37-21-38-60(9)39-22-40-61(10)41-23-42-62(11)43-24-44-63(12)45-46-97-109(93,94)106-110(95,96)105-77-71(79-65(14)84)72(87)74(68(48-81)102-77)103-76-70(78-64(13)83)73(88)75(69(49-82)101-76)104-108(91,92)100-52-67(86)51-99-107(89,90)98-50-66(85)47-80/h25,27,29,31,33,35,37,39,41,43,45,66-77,80-82,85-88H,15-24,26,28,30,32,34,36,38,40,42,44,46-52H2,1-14H3,(H,78,83)(H,79,84)(H,89,90)(H,91,92)(H,93,94)(H,95,96)/b54-27+,55-29+,56-31-,57-33-,58-35-,59-37-,60-39-,61-41-,62-43-,63-45-/t66-,67-,68-,69-,70+,71-,72-,73-,74-,75-,76+,77-/m1/s1. The predicted octanol–water partition coefficient (Wildman–Crippen LogP) is 13.4. The van der Waals surface area contributed by atoms with Gasteiger partial charge in [-0.1, -0.05) is 128 Å². The van der Waals surface area contributed by atoms with E-state index in [1.807, 2.05) is 0 Å². The van der Waals surface area contributed by atoms with Crippen molar-refractivity contribution in [2.24, 2.45) is 0 Å². The summed E-state index contributed by atoms with van der Waals surface area (Å²) < 4.78 is 102. The van der Waals surface area contributed by atoms with E-state index in [1.165, 1.54) is 61.8 Å². The molecule has 13 N–H and O–H groups in total. The molecule has 4 unspecified atom stereocenters. The van der Waals surface area contributed by atoms with Crippen molar-refractivity contribution in [2.75, 3.05) is 46.2 Å². The minimum absolute atomic E-state index is 0.548. The van der Waals surface area contributed by atoms with Gasteiger partial charge >= 0.3 is 31.3 Å². The number of hydrogen-bond acceptors (Lipinski definition) is 23. The van der Waals surface area contributed by atoms with Gasteiger partial charge in [0.05, 0.1) is 46.2 Å². The molecule has 0 aliphatic carbocycles. The Morgan fingerprint density at radius 1 is 0.382 bits per heavy atom. The Kier molecular flexibility index (Phi) is 50.3. The summed E-state index contributed by atoms with van der Waals surface area (Å²) in [5.41, 5.74) is 14.9. The zero-order valence-electron chi connectivity index (χ0n) is 67.1. The van der Waals surface area contributed by atoms with Crippen molar-refractivity contribution < 1.29 is 129 Å². The molecule has 2 saturated heterocycles. The molecule has 0 bridgehead atoms. The number of hydrogen-bond donors (Lipinski definition) is 13. The molecule has 0 aromatic rings. The number of aliphatic hydroxyl groups is 7. The van der Waals surface area contributed by atoms with Gasteiger partial charge in [-0.25, -0.2) is 18.3 Å². The highest BCUT2D eigenvalue weighted by atomic mass is 31.3. The first kappa shape index (κ1) is 102. The van der Waals surface area contributed by atoms with E-state index in [1.54, 1.807) is 6.92 Å². The molecule has 33 heteroatoms. The fourth-order valence-corrected chi connectivity index (χ4v) is 15.4. The number of ether oxygens (including phenoxy) is 3. The summed E-state index contributed by atoms with van der Waals surface area (Å²) in [5, 5.41) is 76.7. The lowest BCUT2D eigenvalue weighted by Crippen LogP contribution is -2.69. The van der Waals surface area contributed by atoms with Crippen LogP contribution < -0.4 is 10.6 Å². The Morgan fingerprint density at radius 3 is 1.02 bits per heavy atom. The van der Waals surface area contributed by atoms with Crippen molar-refractivity contribution >= 4 is 43.1 Å². The SMILES string of the molecule is CC(=O)N[C@@H]1[C@H](O[C@H]2[C@H](O)[C@@H](NC(C)=O)[C@@H](OP(=O)(O)OP(=O)(O)OC/C=C(/C)CC/C=C(/C)CC/C=C(/C)CC/C=C(/C)CC/C=C(/C)CC/C=C(/C)CC/C=C(/C)CC/C=C(/C)CC/C=C(\C)CC/C=C(\C)CCC=C(C)C)O[C@@H]2CO)O[C@H](CO)[C@@H](OP(=O)(O)OC[C@H](O)COP(=O)(O)OC[C@H](O)CO)[C@@H]1O.